The van der Waals surface area contributed by atoms with Crippen LogP contribution in [0.4, 0.5) is 0 Å². The molecule has 0 fully saturated rings. The van der Waals surface area contributed by atoms with Crippen LogP contribution in [0.15, 0.2) is 127 Å². The predicted molar refractivity (Wildman–Crippen MR) is 187 cm³/mol. The van der Waals surface area contributed by atoms with E-state index in [1.807, 2.05) is 72.8 Å². The van der Waals surface area contributed by atoms with Gasteiger partial charge in [-0.15, -0.1) is 0 Å². The summed E-state index contributed by atoms with van der Waals surface area (Å²) >= 11 is 0. The van der Waals surface area contributed by atoms with Gasteiger partial charge in [-0.3, -0.25) is 0 Å². The summed E-state index contributed by atoms with van der Waals surface area (Å²) in [5.74, 6) is 2.90. The van der Waals surface area contributed by atoms with Crippen LogP contribution in [0.2, 0.25) is 0 Å². The molecule has 0 aliphatic rings. The van der Waals surface area contributed by atoms with Gasteiger partial charge in [0.25, 0.3) is 0 Å². The zero-order valence-corrected chi connectivity index (χ0v) is 26.4. The molecule has 5 aromatic carbocycles. The molecule has 0 amide bonds. The minimum atomic E-state index is 0.0689. The van der Waals surface area contributed by atoms with Crippen molar-refractivity contribution in [3.8, 4) is 67.9 Å². The lowest BCUT2D eigenvalue weighted by Gasteiger charge is -2.13. The third kappa shape index (κ3) is 7.32. The minimum Gasteiger partial charge on any atom is -0.507 e. The first kappa shape index (κ1) is 30.7. The number of phenols is 1. The van der Waals surface area contributed by atoms with Crippen LogP contribution in [0.25, 0.3) is 56.4 Å². The molecule has 1 N–H and O–H groups in total. The average molecular weight is 606 g/mol. The van der Waals surface area contributed by atoms with Crippen LogP contribution in [0.1, 0.15) is 39.5 Å². The maximum absolute atomic E-state index is 11.1. The lowest BCUT2D eigenvalue weighted by Crippen LogP contribution is -2.03. The third-order valence-corrected chi connectivity index (χ3v) is 8.53. The number of aromatic hydroxyl groups is 1. The molecule has 0 saturated heterocycles. The van der Waals surface area contributed by atoms with Gasteiger partial charge < -0.3 is 9.84 Å². The lowest BCUT2D eigenvalue weighted by molar-refractivity contribution is 0.287. The summed E-state index contributed by atoms with van der Waals surface area (Å²) in [4.78, 5) is 14.6. The summed E-state index contributed by atoms with van der Waals surface area (Å²) in [5.41, 5.74) is 6.77. The van der Waals surface area contributed by atoms with Crippen molar-refractivity contribution in [3.63, 3.8) is 0 Å². The highest BCUT2D eigenvalue weighted by molar-refractivity contribution is 5.73. The van der Waals surface area contributed by atoms with Gasteiger partial charge in [-0.25, -0.2) is 15.0 Å². The Labute approximate surface area is 271 Å². The topological polar surface area (TPSA) is 68.1 Å². The van der Waals surface area contributed by atoms with E-state index >= 15 is 0 Å². The second-order valence-electron chi connectivity index (χ2n) is 11.5. The second-order valence-corrected chi connectivity index (χ2v) is 11.5. The van der Waals surface area contributed by atoms with Gasteiger partial charge in [-0.05, 0) is 53.1 Å². The Bertz CT molecular complexity index is 1750. The molecule has 46 heavy (non-hydrogen) atoms. The molecular weight excluding hydrogens is 566 g/mol. The Hall–Kier alpha value is -5.29. The van der Waals surface area contributed by atoms with Crippen LogP contribution in [0.3, 0.4) is 0 Å². The fourth-order valence-electron chi connectivity index (χ4n) is 5.69. The maximum Gasteiger partial charge on any atom is 0.167 e. The van der Waals surface area contributed by atoms with Crippen LogP contribution in [-0.4, -0.2) is 26.7 Å². The standard InChI is InChI=1S/C41H39N3O2/c1-3-29(4-2)12-11-27-46-36-25-26-37(38(45)28-36)41-43-39(34-21-17-32(18-22-34)30-13-7-5-8-14-30)42-40(44-41)35-23-19-33(20-24-35)31-15-9-6-10-16-31/h5-10,13-26,28-29,45H,3-4,11-12,27H2,1-2H3. The molecule has 6 rings (SSSR count). The number of phenolic OH excluding ortho intramolecular Hbond substituents is 1. The van der Waals surface area contributed by atoms with Crippen molar-refractivity contribution in [2.24, 2.45) is 5.92 Å². The average Bonchev–Trinajstić information content (AvgIpc) is 3.12. The van der Waals surface area contributed by atoms with E-state index in [4.69, 9.17) is 19.7 Å². The van der Waals surface area contributed by atoms with Crippen molar-refractivity contribution < 1.29 is 9.84 Å². The molecule has 0 spiro atoms. The number of aromatic nitrogens is 3. The minimum absolute atomic E-state index is 0.0689. The van der Waals surface area contributed by atoms with Crippen molar-refractivity contribution in [1.82, 2.24) is 15.0 Å². The van der Waals surface area contributed by atoms with E-state index in [0.717, 1.165) is 52.1 Å². The van der Waals surface area contributed by atoms with Gasteiger partial charge in [0.05, 0.1) is 12.2 Å². The van der Waals surface area contributed by atoms with Gasteiger partial charge in [0.15, 0.2) is 17.5 Å². The van der Waals surface area contributed by atoms with Crippen molar-refractivity contribution in [2.75, 3.05) is 6.61 Å². The summed E-state index contributed by atoms with van der Waals surface area (Å²) in [6, 6.07) is 42.3. The number of rotatable bonds is 12. The maximum atomic E-state index is 11.1. The number of nitrogens with zero attached hydrogens (tertiary/aromatic N) is 3. The number of hydrogen-bond donors (Lipinski definition) is 1. The Kier molecular flexibility index (Phi) is 9.79. The molecule has 0 aliphatic heterocycles. The zero-order valence-electron chi connectivity index (χ0n) is 26.4. The summed E-state index contributed by atoms with van der Waals surface area (Å²) in [5, 5.41) is 11.1. The first-order chi connectivity index (χ1) is 22.6. The van der Waals surface area contributed by atoms with Crippen molar-refractivity contribution in [2.45, 2.75) is 39.5 Å². The molecule has 5 heteroatoms. The monoisotopic (exact) mass is 605 g/mol. The molecule has 1 heterocycles. The highest BCUT2D eigenvalue weighted by Gasteiger charge is 2.16. The van der Waals surface area contributed by atoms with E-state index < -0.39 is 0 Å². The van der Waals surface area contributed by atoms with Gasteiger partial charge in [0, 0.05) is 17.2 Å². The number of hydrogen-bond acceptors (Lipinski definition) is 5. The summed E-state index contributed by atoms with van der Waals surface area (Å²) in [7, 11) is 0. The highest BCUT2D eigenvalue weighted by Crippen LogP contribution is 2.34. The van der Waals surface area contributed by atoms with Crippen LogP contribution in [0.5, 0.6) is 11.5 Å². The van der Waals surface area contributed by atoms with E-state index in [2.05, 4.69) is 62.4 Å². The molecule has 0 saturated carbocycles. The molecular formula is C41H39N3O2. The molecule has 230 valence electrons. The number of ether oxygens (including phenoxy) is 1. The third-order valence-electron chi connectivity index (χ3n) is 8.53. The molecule has 0 aliphatic carbocycles. The molecule has 0 bridgehead atoms. The molecule has 1 aromatic heterocycles. The van der Waals surface area contributed by atoms with Crippen molar-refractivity contribution >= 4 is 0 Å². The highest BCUT2D eigenvalue weighted by atomic mass is 16.5. The normalized spacial score (nSPS) is 11.1. The summed E-state index contributed by atoms with van der Waals surface area (Å²) < 4.78 is 5.99. The van der Waals surface area contributed by atoms with Crippen molar-refractivity contribution in [1.29, 1.82) is 0 Å². The molecule has 0 radical (unpaired) electrons. The molecule has 0 unspecified atom stereocenters. The quantitative estimate of drug-likeness (QED) is 0.141. The molecule has 6 aromatic rings. The number of benzene rings is 5. The van der Waals surface area contributed by atoms with Gasteiger partial charge in [0.2, 0.25) is 0 Å². The van der Waals surface area contributed by atoms with Gasteiger partial charge in [-0.1, -0.05) is 136 Å². The SMILES string of the molecule is CCC(CC)CCCOc1ccc(-c2nc(-c3ccc(-c4ccccc4)cc3)nc(-c3ccc(-c4ccccc4)cc3)n2)c(O)c1. The van der Waals surface area contributed by atoms with Gasteiger partial charge >= 0.3 is 0 Å². The lowest BCUT2D eigenvalue weighted by atomic mass is 9.98. The van der Waals surface area contributed by atoms with Crippen molar-refractivity contribution in [3.05, 3.63) is 127 Å². The smallest absolute Gasteiger partial charge is 0.167 e. The van der Waals surface area contributed by atoms with Gasteiger partial charge in [-0.2, -0.15) is 0 Å². The second kappa shape index (κ2) is 14.7. The first-order valence-electron chi connectivity index (χ1n) is 16.1. The predicted octanol–water partition coefficient (Wildman–Crippen LogP) is 10.5. The Morgan fingerprint density at radius 3 is 1.48 bits per heavy atom. The van der Waals surface area contributed by atoms with E-state index in [1.54, 1.807) is 6.07 Å². The summed E-state index contributed by atoms with van der Waals surface area (Å²) in [6.07, 6.45) is 4.51. The van der Waals surface area contributed by atoms with E-state index in [-0.39, 0.29) is 5.75 Å². The zero-order chi connectivity index (χ0) is 31.7. The summed E-state index contributed by atoms with van der Waals surface area (Å²) in [6.45, 7) is 5.10. The fraction of sp³-hybridized carbons (Fsp3) is 0.195. The fourth-order valence-corrected chi connectivity index (χ4v) is 5.69. The Morgan fingerprint density at radius 1 is 0.543 bits per heavy atom. The van der Waals surface area contributed by atoms with E-state index in [1.165, 1.54) is 12.8 Å². The Balaban J connectivity index is 1.32. The molecule has 5 nitrogen and oxygen atoms in total. The van der Waals surface area contributed by atoms with E-state index in [9.17, 15) is 5.11 Å². The van der Waals surface area contributed by atoms with Crippen LogP contribution < -0.4 is 4.74 Å². The van der Waals surface area contributed by atoms with Crippen LogP contribution in [-0.2, 0) is 0 Å². The van der Waals surface area contributed by atoms with Crippen LogP contribution >= 0.6 is 0 Å². The van der Waals surface area contributed by atoms with E-state index in [0.29, 0.717) is 35.4 Å². The van der Waals surface area contributed by atoms with Crippen LogP contribution in [0, 0.1) is 5.92 Å². The Morgan fingerprint density at radius 2 is 1.00 bits per heavy atom. The largest absolute Gasteiger partial charge is 0.507 e. The first-order valence-corrected chi connectivity index (χ1v) is 16.1. The van der Waals surface area contributed by atoms with Gasteiger partial charge in [0.1, 0.15) is 11.5 Å². The molecule has 0 atom stereocenters.